The van der Waals surface area contributed by atoms with E-state index < -0.39 is 6.10 Å². The summed E-state index contributed by atoms with van der Waals surface area (Å²) in [5.41, 5.74) is 2.81. The maximum Gasteiger partial charge on any atom is 0.303 e. The van der Waals surface area contributed by atoms with Crippen LogP contribution in [0.4, 0.5) is 0 Å². The zero-order valence-corrected chi connectivity index (χ0v) is 17.4. The lowest BCUT2D eigenvalue weighted by atomic mass is 9.55. The molecule has 4 nitrogen and oxygen atoms in total. The number of benzene rings is 1. The third kappa shape index (κ3) is 3.34. The molecular weight excluding hydrogens is 352 g/mol. The molecule has 0 aliphatic heterocycles. The van der Waals surface area contributed by atoms with Gasteiger partial charge in [0.15, 0.2) is 0 Å². The number of hydrogen-bond acceptors (Lipinski definition) is 4. The number of esters is 1. The smallest absolute Gasteiger partial charge is 0.303 e. The monoisotopic (exact) mass is 386 g/mol. The van der Waals surface area contributed by atoms with Crippen molar-refractivity contribution in [1.29, 1.82) is 0 Å². The number of aryl methyl sites for hydroxylation is 1. The molecular formula is C24H34O4. The number of carbonyl (C=O) groups excluding carboxylic acids is 1. The quantitative estimate of drug-likeness (QED) is 0.592. The summed E-state index contributed by atoms with van der Waals surface area (Å²) in [5.74, 6) is 2.25. The van der Waals surface area contributed by atoms with E-state index in [-0.39, 0.29) is 17.5 Å². The number of fused-ring (bicyclic) bond motifs is 5. The van der Waals surface area contributed by atoms with Gasteiger partial charge in [0.25, 0.3) is 0 Å². The molecule has 4 rings (SSSR count). The second-order valence-electron chi connectivity index (χ2n) is 9.36. The molecule has 0 aromatic heterocycles. The molecule has 0 amide bonds. The van der Waals surface area contributed by atoms with Crippen molar-refractivity contribution in [3.8, 4) is 5.75 Å². The summed E-state index contributed by atoms with van der Waals surface area (Å²) in [5, 5.41) is 10.7. The first kappa shape index (κ1) is 19.8. The van der Waals surface area contributed by atoms with Gasteiger partial charge in [-0.3, -0.25) is 4.79 Å². The highest BCUT2D eigenvalue weighted by Crippen LogP contribution is 2.61. The van der Waals surface area contributed by atoms with Gasteiger partial charge >= 0.3 is 5.97 Å². The van der Waals surface area contributed by atoms with Crippen LogP contribution in [0, 0.1) is 17.3 Å². The average molecular weight is 387 g/mol. The molecule has 0 radical (unpaired) electrons. The van der Waals surface area contributed by atoms with Crippen LogP contribution in [0.5, 0.6) is 5.75 Å². The van der Waals surface area contributed by atoms with Crippen molar-refractivity contribution in [1.82, 2.24) is 0 Å². The van der Waals surface area contributed by atoms with Gasteiger partial charge in [-0.05, 0) is 79.5 Å². The molecule has 154 valence electrons. The Morgan fingerprint density at radius 1 is 1.32 bits per heavy atom. The van der Waals surface area contributed by atoms with Gasteiger partial charge in [0.05, 0.1) is 12.7 Å². The molecule has 2 saturated carbocycles. The van der Waals surface area contributed by atoms with Crippen molar-refractivity contribution in [3.63, 3.8) is 0 Å². The normalized spacial score (nSPS) is 36.2. The Morgan fingerprint density at radius 2 is 2.14 bits per heavy atom. The van der Waals surface area contributed by atoms with Crippen molar-refractivity contribution in [2.45, 2.75) is 83.8 Å². The number of rotatable bonds is 5. The van der Waals surface area contributed by atoms with Gasteiger partial charge in [0.1, 0.15) is 11.9 Å². The number of carbonyl (C=O) groups is 1. The van der Waals surface area contributed by atoms with E-state index in [1.807, 2.05) is 0 Å². The minimum atomic E-state index is -0.534. The molecule has 0 spiro atoms. The first-order valence-corrected chi connectivity index (χ1v) is 11.0. The lowest BCUT2D eigenvalue weighted by molar-refractivity contribution is -0.161. The van der Waals surface area contributed by atoms with Crippen molar-refractivity contribution in [2.24, 2.45) is 17.3 Å². The second kappa shape index (κ2) is 7.70. The largest absolute Gasteiger partial charge is 0.494 e. The molecule has 0 bridgehead atoms. The fourth-order valence-corrected chi connectivity index (χ4v) is 6.34. The minimum Gasteiger partial charge on any atom is -0.494 e. The van der Waals surface area contributed by atoms with E-state index in [9.17, 15) is 9.90 Å². The zero-order valence-electron chi connectivity index (χ0n) is 17.4. The Hall–Kier alpha value is -1.55. The number of aliphatic hydroxyl groups is 1. The lowest BCUT2D eigenvalue weighted by Gasteiger charge is -2.50. The van der Waals surface area contributed by atoms with E-state index >= 15 is 0 Å². The number of aliphatic hydroxyl groups excluding tert-OH is 1. The summed E-state index contributed by atoms with van der Waals surface area (Å²) in [6.45, 7) is 6.65. The fraction of sp³-hybridized carbons (Fsp3) is 0.708. The molecule has 0 heterocycles. The first-order valence-electron chi connectivity index (χ1n) is 11.0. The van der Waals surface area contributed by atoms with Gasteiger partial charge in [-0.25, -0.2) is 0 Å². The molecule has 3 aliphatic carbocycles. The number of unbranched alkanes of at least 4 members (excludes halogenated alkanes) is 1. The third-order valence-electron chi connectivity index (χ3n) is 7.69. The van der Waals surface area contributed by atoms with Crippen LogP contribution in [0.1, 0.15) is 76.3 Å². The number of ether oxygens (including phenoxy) is 2. The Balaban J connectivity index is 1.54. The van der Waals surface area contributed by atoms with Crippen molar-refractivity contribution in [3.05, 3.63) is 29.3 Å². The van der Waals surface area contributed by atoms with E-state index in [0.29, 0.717) is 17.8 Å². The summed E-state index contributed by atoms with van der Waals surface area (Å²) in [7, 11) is 0. The Kier molecular flexibility index (Phi) is 5.43. The molecule has 28 heavy (non-hydrogen) atoms. The summed E-state index contributed by atoms with van der Waals surface area (Å²) in [6.07, 6.45) is 6.43. The van der Waals surface area contributed by atoms with Crippen molar-refractivity contribution >= 4 is 5.97 Å². The van der Waals surface area contributed by atoms with Crippen molar-refractivity contribution in [2.75, 3.05) is 6.61 Å². The van der Waals surface area contributed by atoms with E-state index in [0.717, 1.165) is 57.3 Å². The van der Waals surface area contributed by atoms with Gasteiger partial charge in [-0.1, -0.05) is 26.3 Å². The highest BCUT2D eigenvalue weighted by molar-refractivity contribution is 5.66. The summed E-state index contributed by atoms with van der Waals surface area (Å²) < 4.78 is 11.5. The topological polar surface area (TPSA) is 55.8 Å². The summed E-state index contributed by atoms with van der Waals surface area (Å²) >= 11 is 0. The first-order chi connectivity index (χ1) is 13.4. The van der Waals surface area contributed by atoms with E-state index in [1.54, 1.807) is 0 Å². The van der Waals surface area contributed by atoms with Gasteiger partial charge < -0.3 is 14.6 Å². The molecule has 3 unspecified atom stereocenters. The highest BCUT2D eigenvalue weighted by Gasteiger charge is 2.59. The minimum absolute atomic E-state index is 0.104. The van der Waals surface area contributed by atoms with Gasteiger partial charge in [-0.2, -0.15) is 0 Å². The Morgan fingerprint density at radius 3 is 2.89 bits per heavy atom. The molecule has 4 heteroatoms. The van der Waals surface area contributed by atoms with Crippen LogP contribution >= 0.6 is 0 Å². The summed E-state index contributed by atoms with van der Waals surface area (Å²) in [6, 6.07) is 6.67. The zero-order chi connectivity index (χ0) is 19.9. The standard InChI is InChI=1S/C24H34O4/c1-4-5-12-27-17-7-9-18-16(13-17)6-8-20-19(18)10-11-24(3)21(20)14-22(26)23(24)28-15(2)25/h7,9,13,19-23,26H,4-6,8,10-12,14H2,1-3H3/t19?,20?,21?,22-,23+,24+/m1/s1. The van der Waals surface area contributed by atoms with Gasteiger partial charge in [0, 0.05) is 12.3 Å². The van der Waals surface area contributed by atoms with Crippen LogP contribution in [0.2, 0.25) is 0 Å². The van der Waals surface area contributed by atoms with E-state index in [4.69, 9.17) is 9.47 Å². The van der Waals surface area contributed by atoms with Gasteiger partial charge in [-0.15, -0.1) is 0 Å². The van der Waals surface area contributed by atoms with Crippen LogP contribution in [-0.2, 0) is 16.0 Å². The van der Waals surface area contributed by atoms with Crippen LogP contribution in [0.15, 0.2) is 18.2 Å². The highest BCUT2D eigenvalue weighted by atomic mass is 16.6. The predicted molar refractivity (Wildman–Crippen MR) is 108 cm³/mol. The molecule has 1 N–H and O–H groups in total. The maximum atomic E-state index is 11.6. The fourth-order valence-electron chi connectivity index (χ4n) is 6.34. The maximum absolute atomic E-state index is 11.6. The van der Waals surface area contributed by atoms with Crippen LogP contribution < -0.4 is 4.74 Å². The summed E-state index contributed by atoms with van der Waals surface area (Å²) in [4.78, 5) is 11.6. The lowest BCUT2D eigenvalue weighted by Crippen LogP contribution is -2.46. The van der Waals surface area contributed by atoms with Crippen LogP contribution in [-0.4, -0.2) is 29.9 Å². The average Bonchev–Trinajstić information content (AvgIpc) is 2.92. The molecule has 3 aliphatic rings. The Bertz CT molecular complexity index is 729. The predicted octanol–water partition coefficient (Wildman–Crippen LogP) is 4.62. The molecule has 2 fully saturated rings. The molecule has 1 aromatic carbocycles. The van der Waals surface area contributed by atoms with E-state index in [1.165, 1.54) is 18.1 Å². The third-order valence-corrected chi connectivity index (χ3v) is 7.69. The van der Waals surface area contributed by atoms with Crippen LogP contribution in [0.3, 0.4) is 0 Å². The van der Waals surface area contributed by atoms with E-state index in [2.05, 4.69) is 32.0 Å². The molecule has 6 atom stereocenters. The number of hydrogen-bond donors (Lipinski definition) is 1. The van der Waals surface area contributed by atoms with Gasteiger partial charge in [0.2, 0.25) is 0 Å². The molecule has 1 aromatic rings. The second-order valence-corrected chi connectivity index (χ2v) is 9.36. The SMILES string of the molecule is CCCCOc1ccc2c(c1)CCC1C2CC[C@@]2(C)C1C[C@@H](O)[C@@H]2OC(C)=O. The van der Waals surface area contributed by atoms with Crippen molar-refractivity contribution < 1.29 is 19.4 Å². The Labute approximate surface area is 168 Å². The molecule has 0 saturated heterocycles. The van der Waals surface area contributed by atoms with Crippen LogP contribution in [0.25, 0.3) is 0 Å².